The quantitative estimate of drug-likeness (QED) is 0.842. The van der Waals surface area contributed by atoms with Gasteiger partial charge in [0.25, 0.3) is 0 Å². The van der Waals surface area contributed by atoms with E-state index in [4.69, 9.17) is 0 Å². The van der Waals surface area contributed by atoms with Gasteiger partial charge in [0.1, 0.15) is 0 Å². The molecule has 1 N–H and O–H groups in total. The fourth-order valence-corrected chi connectivity index (χ4v) is 2.31. The summed E-state index contributed by atoms with van der Waals surface area (Å²) in [6, 6.07) is 18.1. The summed E-state index contributed by atoms with van der Waals surface area (Å²) in [6.07, 6.45) is 1.04. The highest BCUT2D eigenvalue weighted by molar-refractivity contribution is 5.28. The number of nitrogens with one attached hydrogen (secondary N) is 1. The highest BCUT2D eigenvalue weighted by Gasteiger charge is 2.10. The van der Waals surface area contributed by atoms with Crippen molar-refractivity contribution in [1.29, 1.82) is 0 Å². The smallest absolute Gasteiger partial charge is 0.0360 e. The Bertz CT molecular complexity index is 496. The van der Waals surface area contributed by atoms with Crippen LogP contribution in [0.1, 0.15) is 35.2 Å². The van der Waals surface area contributed by atoms with Crippen LogP contribution in [0.15, 0.2) is 48.5 Å². The molecule has 0 fully saturated rings. The second-order valence-corrected chi connectivity index (χ2v) is 5.21. The van der Waals surface area contributed by atoms with E-state index < -0.39 is 0 Å². The summed E-state index contributed by atoms with van der Waals surface area (Å²) >= 11 is 0. The van der Waals surface area contributed by atoms with Gasteiger partial charge in [-0.3, -0.25) is 0 Å². The van der Waals surface area contributed by atoms with Gasteiger partial charge in [-0.25, -0.2) is 0 Å². The first-order valence-corrected chi connectivity index (χ1v) is 7.04. The maximum absolute atomic E-state index is 3.58. The minimum atomic E-state index is 0.397. The minimum absolute atomic E-state index is 0.397. The molecule has 19 heavy (non-hydrogen) atoms. The van der Waals surface area contributed by atoms with Gasteiger partial charge in [0.05, 0.1) is 0 Å². The van der Waals surface area contributed by atoms with Crippen molar-refractivity contribution in [3.63, 3.8) is 0 Å². The van der Waals surface area contributed by atoms with Gasteiger partial charge >= 0.3 is 0 Å². The summed E-state index contributed by atoms with van der Waals surface area (Å²) in [5, 5.41) is 3.58. The zero-order chi connectivity index (χ0) is 13.7. The van der Waals surface area contributed by atoms with E-state index in [9.17, 15) is 0 Å². The molecule has 0 bridgehead atoms. The Morgan fingerprint density at radius 2 is 1.37 bits per heavy atom. The van der Waals surface area contributed by atoms with Crippen molar-refractivity contribution in [3.8, 4) is 0 Å². The SMILES string of the molecule is CCNC(Cc1ccc(C)cc1)c1ccc(C)cc1. The Labute approximate surface area is 116 Å². The first kappa shape index (κ1) is 13.8. The predicted octanol–water partition coefficient (Wildman–Crippen LogP) is 4.20. The molecule has 0 saturated carbocycles. The van der Waals surface area contributed by atoms with Crippen molar-refractivity contribution in [1.82, 2.24) is 5.32 Å². The molecule has 2 rings (SSSR count). The molecule has 0 aromatic heterocycles. The molecule has 0 aliphatic heterocycles. The van der Waals surface area contributed by atoms with Crippen LogP contribution in [0, 0.1) is 13.8 Å². The molecule has 0 spiro atoms. The average Bonchev–Trinajstić information content (AvgIpc) is 2.42. The van der Waals surface area contributed by atoms with E-state index in [1.807, 2.05) is 0 Å². The van der Waals surface area contributed by atoms with E-state index in [1.54, 1.807) is 0 Å². The van der Waals surface area contributed by atoms with Crippen LogP contribution in [-0.2, 0) is 6.42 Å². The van der Waals surface area contributed by atoms with Crippen molar-refractivity contribution in [2.45, 2.75) is 33.2 Å². The molecule has 0 saturated heterocycles. The van der Waals surface area contributed by atoms with Crippen LogP contribution >= 0.6 is 0 Å². The third kappa shape index (κ3) is 3.93. The van der Waals surface area contributed by atoms with Gasteiger partial charge in [-0.2, -0.15) is 0 Å². The van der Waals surface area contributed by atoms with E-state index in [0.29, 0.717) is 6.04 Å². The van der Waals surface area contributed by atoms with Crippen LogP contribution in [0.5, 0.6) is 0 Å². The van der Waals surface area contributed by atoms with Gasteiger partial charge in [-0.1, -0.05) is 66.6 Å². The maximum Gasteiger partial charge on any atom is 0.0360 e. The van der Waals surface area contributed by atoms with Gasteiger partial charge in [-0.05, 0) is 37.9 Å². The summed E-state index contributed by atoms with van der Waals surface area (Å²) in [6.45, 7) is 7.41. The van der Waals surface area contributed by atoms with Crippen LogP contribution in [0.2, 0.25) is 0 Å². The number of benzene rings is 2. The lowest BCUT2D eigenvalue weighted by atomic mass is 9.97. The molecular formula is C18H23N. The molecule has 0 aliphatic carbocycles. The first-order chi connectivity index (χ1) is 9.19. The molecular weight excluding hydrogens is 230 g/mol. The fourth-order valence-electron chi connectivity index (χ4n) is 2.31. The number of hydrogen-bond acceptors (Lipinski definition) is 1. The number of rotatable bonds is 5. The molecule has 0 aliphatic rings. The lowest BCUT2D eigenvalue weighted by Crippen LogP contribution is -2.22. The van der Waals surface area contributed by atoms with Crippen LogP contribution in [0.3, 0.4) is 0 Å². The first-order valence-electron chi connectivity index (χ1n) is 7.04. The summed E-state index contributed by atoms with van der Waals surface area (Å²) < 4.78 is 0. The van der Waals surface area contributed by atoms with Crippen molar-refractivity contribution in [2.75, 3.05) is 6.54 Å². The Kier molecular flexibility index (Phi) is 4.75. The molecule has 100 valence electrons. The number of likely N-dealkylation sites (N-methyl/N-ethyl adjacent to an activating group) is 1. The molecule has 0 heterocycles. The van der Waals surface area contributed by atoms with Gasteiger partial charge in [-0.15, -0.1) is 0 Å². The number of hydrogen-bond donors (Lipinski definition) is 1. The Morgan fingerprint density at radius 1 is 0.842 bits per heavy atom. The van der Waals surface area contributed by atoms with Gasteiger partial charge in [0.2, 0.25) is 0 Å². The topological polar surface area (TPSA) is 12.0 Å². The van der Waals surface area contributed by atoms with Crippen molar-refractivity contribution in [3.05, 3.63) is 70.8 Å². The summed E-state index contributed by atoms with van der Waals surface area (Å²) in [5.41, 5.74) is 5.39. The molecule has 1 unspecified atom stereocenters. The zero-order valence-corrected chi connectivity index (χ0v) is 12.1. The Morgan fingerprint density at radius 3 is 1.89 bits per heavy atom. The van der Waals surface area contributed by atoms with Crippen LogP contribution in [-0.4, -0.2) is 6.54 Å². The van der Waals surface area contributed by atoms with E-state index in [-0.39, 0.29) is 0 Å². The standard InChI is InChI=1S/C18H23N/c1-4-19-18(17-11-7-15(3)8-12-17)13-16-9-5-14(2)6-10-16/h5-12,18-19H,4,13H2,1-3H3. The van der Waals surface area contributed by atoms with E-state index in [0.717, 1.165) is 13.0 Å². The normalized spacial score (nSPS) is 12.4. The fraction of sp³-hybridized carbons (Fsp3) is 0.333. The molecule has 2 aromatic carbocycles. The monoisotopic (exact) mass is 253 g/mol. The number of aryl methyl sites for hydroxylation is 2. The maximum atomic E-state index is 3.58. The van der Waals surface area contributed by atoms with Gasteiger partial charge in [0, 0.05) is 6.04 Å². The van der Waals surface area contributed by atoms with E-state index in [1.165, 1.54) is 22.3 Å². The second-order valence-electron chi connectivity index (χ2n) is 5.21. The van der Waals surface area contributed by atoms with Gasteiger partial charge < -0.3 is 5.32 Å². The third-order valence-corrected chi connectivity index (χ3v) is 3.49. The minimum Gasteiger partial charge on any atom is -0.310 e. The Balaban J connectivity index is 2.15. The Hall–Kier alpha value is -1.60. The third-order valence-electron chi connectivity index (χ3n) is 3.49. The highest BCUT2D eigenvalue weighted by Crippen LogP contribution is 2.19. The summed E-state index contributed by atoms with van der Waals surface area (Å²) in [4.78, 5) is 0. The van der Waals surface area contributed by atoms with Gasteiger partial charge in [0.15, 0.2) is 0 Å². The lowest BCUT2D eigenvalue weighted by Gasteiger charge is -2.19. The molecule has 0 radical (unpaired) electrons. The summed E-state index contributed by atoms with van der Waals surface area (Å²) in [7, 11) is 0. The largest absolute Gasteiger partial charge is 0.310 e. The van der Waals surface area contributed by atoms with E-state index in [2.05, 4.69) is 74.6 Å². The molecule has 1 atom stereocenters. The predicted molar refractivity (Wildman–Crippen MR) is 82.5 cm³/mol. The average molecular weight is 253 g/mol. The lowest BCUT2D eigenvalue weighted by molar-refractivity contribution is 0.550. The van der Waals surface area contributed by atoms with Crippen molar-refractivity contribution in [2.24, 2.45) is 0 Å². The van der Waals surface area contributed by atoms with Crippen LogP contribution < -0.4 is 5.32 Å². The van der Waals surface area contributed by atoms with E-state index >= 15 is 0 Å². The zero-order valence-electron chi connectivity index (χ0n) is 12.1. The van der Waals surface area contributed by atoms with Crippen LogP contribution in [0.25, 0.3) is 0 Å². The van der Waals surface area contributed by atoms with Crippen molar-refractivity contribution < 1.29 is 0 Å². The van der Waals surface area contributed by atoms with Crippen LogP contribution in [0.4, 0.5) is 0 Å². The molecule has 0 amide bonds. The molecule has 2 aromatic rings. The molecule has 1 heteroatoms. The van der Waals surface area contributed by atoms with Crippen molar-refractivity contribution >= 4 is 0 Å². The highest BCUT2D eigenvalue weighted by atomic mass is 14.9. The second kappa shape index (κ2) is 6.53. The molecule has 1 nitrogen and oxygen atoms in total. The summed E-state index contributed by atoms with van der Waals surface area (Å²) in [5.74, 6) is 0.